The van der Waals surface area contributed by atoms with Gasteiger partial charge in [-0.05, 0) is 72.9 Å². The SMILES string of the molecule is O=C(CCc1cc2cnccc2[nH]1)Cn1c(-c2ccccc2)cnc(CCC2(c3cccc(Cl)c3)CC2)c1=O. The minimum Gasteiger partial charge on any atom is -0.358 e. The Hall–Kier alpha value is -4.03. The maximum atomic E-state index is 13.7. The molecule has 0 spiro atoms. The fraction of sp³-hybridized carbons (Fsp3) is 0.250. The molecular weight excluding hydrogens is 508 g/mol. The van der Waals surface area contributed by atoms with Crippen molar-refractivity contribution in [1.29, 1.82) is 0 Å². The lowest BCUT2D eigenvalue weighted by Crippen LogP contribution is -2.30. The molecular formula is C32H29ClN4O2. The van der Waals surface area contributed by atoms with Crippen molar-refractivity contribution >= 4 is 28.3 Å². The van der Waals surface area contributed by atoms with Crippen LogP contribution in [0.5, 0.6) is 0 Å². The zero-order valence-electron chi connectivity index (χ0n) is 21.6. The Morgan fingerprint density at radius 1 is 1.00 bits per heavy atom. The number of benzene rings is 2. The third-order valence-electron chi connectivity index (χ3n) is 7.81. The standard InChI is InChI=1S/C32H29ClN4O2/c33-25-8-4-7-24(18-25)32(14-15-32)13-11-29-31(39)37(30(20-35-29)22-5-2-1-3-6-22)21-27(38)10-9-26-17-23-19-34-16-12-28(23)36-26/h1-8,12,16-20,36H,9-11,13-15,21H2. The number of hydrogen-bond donors (Lipinski definition) is 1. The number of carbonyl (C=O) groups excluding carboxylic acids is 1. The zero-order chi connectivity index (χ0) is 26.8. The Kier molecular flexibility index (Phi) is 6.88. The van der Waals surface area contributed by atoms with Crippen LogP contribution in [0.1, 0.15) is 42.6 Å². The van der Waals surface area contributed by atoms with Crippen molar-refractivity contribution in [3.63, 3.8) is 0 Å². The number of nitrogens with zero attached hydrogens (tertiary/aromatic N) is 3. The van der Waals surface area contributed by atoms with E-state index in [0.29, 0.717) is 30.7 Å². The average molecular weight is 537 g/mol. The van der Waals surface area contributed by atoms with Crippen LogP contribution in [0, 0.1) is 0 Å². The first-order valence-electron chi connectivity index (χ1n) is 13.3. The molecule has 1 aliphatic rings. The number of halogens is 1. The summed E-state index contributed by atoms with van der Waals surface area (Å²) in [5.41, 5.74) is 5.08. The zero-order valence-corrected chi connectivity index (χ0v) is 22.3. The number of aryl methyl sites for hydroxylation is 2. The smallest absolute Gasteiger partial charge is 0.273 e. The van der Waals surface area contributed by atoms with E-state index < -0.39 is 0 Å². The highest BCUT2D eigenvalue weighted by atomic mass is 35.5. The molecule has 3 aromatic heterocycles. The second-order valence-corrected chi connectivity index (χ2v) is 10.9. The number of rotatable bonds is 10. The molecule has 1 N–H and O–H groups in total. The number of Topliss-reactive ketones (excluding diaryl/α,β-unsaturated/α-hetero) is 1. The molecule has 5 aromatic rings. The normalized spacial score (nSPS) is 14.0. The highest BCUT2D eigenvalue weighted by molar-refractivity contribution is 6.30. The van der Waals surface area contributed by atoms with E-state index in [0.717, 1.165) is 46.4 Å². The Labute approximate surface area is 231 Å². The molecule has 3 heterocycles. The van der Waals surface area contributed by atoms with Crippen molar-refractivity contribution in [2.24, 2.45) is 0 Å². The van der Waals surface area contributed by atoms with Gasteiger partial charge in [0.15, 0.2) is 5.78 Å². The van der Waals surface area contributed by atoms with Crippen molar-refractivity contribution in [1.82, 2.24) is 19.5 Å². The van der Waals surface area contributed by atoms with Gasteiger partial charge in [0.25, 0.3) is 5.56 Å². The quantitative estimate of drug-likeness (QED) is 0.227. The Balaban J connectivity index is 1.23. The van der Waals surface area contributed by atoms with E-state index >= 15 is 0 Å². The van der Waals surface area contributed by atoms with Crippen molar-refractivity contribution in [2.45, 2.75) is 50.5 Å². The van der Waals surface area contributed by atoms with E-state index in [4.69, 9.17) is 11.6 Å². The van der Waals surface area contributed by atoms with E-state index in [1.807, 2.05) is 60.7 Å². The van der Waals surface area contributed by atoms with Crippen LogP contribution in [-0.4, -0.2) is 25.3 Å². The summed E-state index contributed by atoms with van der Waals surface area (Å²) in [6, 6.07) is 21.6. The maximum absolute atomic E-state index is 13.7. The van der Waals surface area contributed by atoms with Gasteiger partial charge in [0.1, 0.15) is 5.69 Å². The summed E-state index contributed by atoms with van der Waals surface area (Å²) in [6.45, 7) is 0.0137. The van der Waals surface area contributed by atoms with Gasteiger partial charge in [0, 0.05) is 40.4 Å². The van der Waals surface area contributed by atoms with Gasteiger partial charge in [-0.25, -0.2) is 0 Å². The number of fused-ring (bicyclic) bond motifs is 1. The summed E-state index contributed by atoms with van der Waals surface area (Å²) in [6.07, 6.45) is 9.72. The second-order valence-electron chi connectivity index (χ2n) is 10.4. The molecule has 1 aliphatic carbocycles. The summed E-state index contributed by atoms with van der Waals surface area (Å²) in [4.78, 5) is 39.0. The van der Waals surface area contributed by atoms with Crippen LogP contribution in [0.15, 0.2) is 90.1 Å². The minimum atomic E-state index is -0.191. The monoisotopic (exact) mass is 536 g/mol. The molecule has 0 bridgehead atoms. The van der Waals surface area contributed by atoms with E-state index in [1.165, 1.54) is 5.56 Å². The molecule has 0 saturated heterocycles. The predicted octanol–water partition coefficient (Wildman–Crippen LogP) is 6.31. The molecule has 0 amide bonds. The van der Waals surface area contributed by atoms with Gasteiger partial charge in [0.05, 0.1) is 18.4 Å². The lowest BCUT2D eigenvalue weighted by Gasteiger charge is -2.17. The first-order chi connectivity index (χ1) is 19.0. The molecule has 7 heteroatoms. The summed E-state index contributed by atoms with van der Waals surface area (Å²) in [5, 5.41) is 1.75. The number of aromatic nitrogens is 4. The van der Waals surface area contributed by atoms with E-state index in [1.54, 1.807) is 23.2 Å². The first kappa shape index (κ1) is 25.3. The molecule has 0 atom stereocenters. The number of aromatic amines is 1. The average Bonchev–Trinajstić information content (AvgIpc) is 3.63. The van der Waals surface area contributed by atoms with E-state index in [9.17, 15) is 9.59 Å². The second kappa shape index (κ2) is 10.6. The molecule has 6 nitrogen and oxygen atoms in total. The van der Waals surface area contributed by atoms with E-state index in [-0.39, 0.29) is 23.3 Å². The van der Waals surface area contributed by atoms with Crippen molar-refractivity contribution in [3.8, 4) is 11.3 Å². The van der Waals surface area contributed by atoms with Crippen LogP contribution in [0.3, 0.4) is 0 Å². The molecule has 2 aromatic carbocycles. The predicted molar refractivity (Wildman–Crippen MR) is 154 cm³/mol. The van der Waals surface area contributed by atoms with Gasteiger partial charge in [-0.2, -0.15) is 0 Å². The lowest BCUT2D eigenvalue weighted by atomic mass is 9.90. The molecule has 1 saturated carbocycles. The van der Waals surface area contributed by atoms with Gasteiger partial charge in [-0.15, -0.1) is 0 Å². The van der Waals surface area contributed by atoms with Crippen LogP contribution >= 0.6 is 11.6 Å². The number of nitrogens with one attached hydrogen (secondary N) is 1. The molecule has 196 valence electrons. The van der Waals surface area contributed by atoms with Gasteiger partial charge in [-0.1, -0.05) is 54.1 Å². The first-order valence-corrected chi connectivity index (χ1v) is 13.7. The minimum absolute atomic E-state index is 0.000743. The lowest BCUT2D eigenvalue weighted by molar-refractivity contribution is -0.119. The molecule has 0 unspecified atom stereocenters. The third-order valence-corrected chi connectivity index (χ3v) is 8.05. The van der Waals surface area contributed by atoms with E-state index in [2.05, 4.69) is 21.0 Å². The topological polar surface area (TPSA) is 80.6 Å². The molecule has 39 heavy (non-hydrogen) atoms. The van der Waals surface area contributed by atoms with Crippen LogP contribution in [0.25, 0.3) is 22.2 Å². The van der Waals surface area contributed by atoms with Crippen molar-refractivity contribution in [2.75, 3.05) is 0 Å². The van der Waals surface area contributed by atoms with Crippen LogP contribution in [0.2, 0.25) is 5.02 Å². The highest BCUT2D eigenvalue weighted by Gasteiger charge is 2.43. The molecule has 1 fully saturated rings. The summed E-state index contributed by atoms with van der Waals surface area (Å²) in [7, 11) is 0. The largest absolute Gasteiger partial charge is 0.358 e. The number of hydrogen-bond acceptors (Lipinski definition) is 4. The fourth-order valence-corrected chi connectivity index (χ4v) is 5.59. The maximum Gasteiger partial charge on any atom is 0.273 e. The fourth-order valence-electron chi connectivity index (χ4n) is 5.40. The van der Waals surface area contributed by atoms with Crippen LogP contribution in [-0.2, 0) is 29.6 Å². The Morgan fingerprint density at radius 3 is 2.62 bits per heavy atom. The summed E-state index contributed by atoms with van der Waals surface area (Å²) >= 11 is 6.25. The number of carbonyl (C=O) groups is 1. The Morgan fingerprint density at radius 2 is 1.85 bits per heavy atom. The third kappa shape index (κ3) is 5.43. The number of ketones is 1. The summed E-state index contributed by atoms with van der Waals surface area (Å²) < 4.78 is 1.61. The van der Waals surface area contributed by atoms with Crippen molar-refractivity contribution in [3.05, 3.63) is 118 Å². The molecule has 0 radical (unpaired) electrons. The molecule has 0 aliphatic heterocycles. The van der Waals surface area contributed by atoms with Gasteiger partial charge < -0.3 is 4.98 Å². The van der Waals surface area contributed by atoms with Crippen LogP contribution in [0.4, 0.5) is 0 Å². The van der Waals surface area contributed by atoms with Crippen LogP contribution < -0.4 is 5.56 Å². The van der Waals surface area contributed by atoms with Gasteiger partial charge in [0.2, 0.25) is 0 Å². The van der Waals surface area contributed by atoms with Gasteiger partial charge >= 0.3 is 0 Å². The summed E-state index contributed by atoms with van der Waals surface area (Å²) in [5.74, 6) is 0.000743. The Bertz CT molecular complexity index is 1670. The van der Waals surface area contributed by atoms with Gasteiger partial charge in [-0.3, -0.25) is 24.1 Å². The highest BCUT2D eigenvalue weighted by Crippen LogP contribution is 2.51. The number of H-pyrrole nitrogens is 1. The van der Waals surface area contributed by atoms with Crippen molar-refractivity contribution < 1.29 is 4.79 Å². The number of pyridine rings is 1. The molecule has 6 rings (SSSR count).